The number of aliphatic hydroxyl groups is 1. The van der Waals surface area contributed by atoms with Crippen LogP contribution in [0.3, 0.4) is 0 Å². The third-order valence-electron chi connectivity index (χ3n) is 10.7. The van der Waals surface area contributed by atoms with E-state index in [-0.39, 0.29) is 83.2 Å². The SMILES string of the molecule is N#Cc1c(N)sc2ccc(F)c(-c3c4c(c5c(N6C7CCC6CN(CCCO)C7)nc(OC[C@@H]6CCCN6CCF)nc5c3F)COC4)c12. The average molecular weight is 694 g/mol. The molecule has 0 saturated carbocycles. The van der Waals surface area contributed by atoms with Gasteiger partial charge in [0.1, 0.15) is 41.5 Å². The van der Waals surface area contributed by atoms with Crippen molar-refractivity contribution in [1.82, 2.24) is 19.8 Å². The standard InChI is InChI=1S/C35H38F3N7O3S/c36-8-11-44-10-1-3-21(44)16-48-35-41-32-29(34(42-35)45-19-4-5-20(45)15-43(14-19)9-2-12-46)24-18-47-17-23(24)28(31(32)38)30-25(37)6-7-26-27(30)22(13-39)33(40)49-26/h6-7,19-21,46H,1-5,8-12,14-18,40H2/t19?,20?,21-/m0/s1. The highest BCUT2D eigenvalue weighted by Crippen LogP contribution is 2.49. The number of halogens is 3. The van der Waals surface area contributed by atoms with Crippen molar-refractivity contribution in [2.24, 2.45) is 0 Å². The zero-order valence-electron chi connectivity index (χ0n) is 27.1. The van der Waals surface area contributed by atoms with Crippen LogP contribution >= 0.6 is 11.3 Å². The lowest BCUT2D eigenvalue weighted by molar-refractivity contribution is 0.135. The van der Waals surface area contributed by atoms with Crippen LogP contribution in [0.1, 0.15) is 48.8 Å². The Labute approximate surface area is 285 Å². The first-order valence-electron chi connectivity index (χ1n) is 17.0. The van der Waals surface area contributed by atoms with Gasteiger partial charge in [-0.3, -0.25) is 9.80 Å². The number of nitriles is 1. The van der Waals surface area contributed by atoms with Crippen molar-refractivity contribution >= 4 is 43.1 Å². The second kappa shape index (κ2) is 13.2. The maximum atomic E-state index is 17.4. The number of anilines is 2. The molecular weight excluding hydrogens is 655 g/mol. The molecule has 4 aromatic rings. The minimum atomic E-state index is -0.735. The topological polar surface area (TPSA) is 124 Å². The predicted octanol–water partition coefficient (Wildman–Crippen LogP) is 5.12. The van der Waals surface area contributed by atoms with E-state index in [1.54, 1.807) is 6.07 Å². The number of fused-ring (bicyclic) bond motifs is 6. The molecule has 2 aromatic carbocycles. The summed E-state index contributed by atoms with van der Waals surface area (Å²) in [5.41, 5.74) is 7.47. The molecule has 2 bridgehead atoms. The van der Waals surface area contributed by atoms with Crippen molar-refractivity contribution < 1.29 is 27.8 Å². The summed E-state index contributed by atoms with van der Waals surface area (Å²) in [6.45, 7) is 3.58. The fraction of sp³-hybridized carbons (Fsp3) is 0.514. The van der Waals surface area contributed by atoms with Gasteiger partial charge in [0.05, 0.1) is 24.2 Å². The summed E-state index contributed by atoms with van der Waals surface area (Å²) in [5, 5.41) is 20.5. The number of ether oxygens (including phenoxy) is 2. The van der Waals surface area contributed by atoms with E-state index in [9.17, 15) is 14.8 Å². The third-order valence-corrected chi connectivity index (χ3v) is 11.6. The number of nitrogens with two attached hydrogens (primary N) is 1. The Morgan fingerprint density at radius 2 is 1.86 bits per heavy atom. The normalized spacial score (nSPS) is 22.4. The van der Waals surface area contributed by atoms with Crippen molar-refractivity contribution in [3.63, 3.8) is 0 Å². The number of benzene rings is 2. The average Bonchev–Trinajstić information content (AvgIpc) is 3.88. The molecule has 0 radical (unpaired) electrons. The Hall–Kier alpha value is -3.74. The Balaban J connectivity index is 1.31. The molecule has 49 heavy (non-hydrogen) atoms. The third kappa shape index (κ3) is 5.47. The van der Waals surface area contributed by atoms with Gasteiger partial charge in [0.15, 0.2) is 5.82 Å². The summed E-state index contributed by atoms with van der Waals surface area (Å²) >= 11 is 1.16. The highest BCUT2D eigenvalue weighted by Gasteiger charge is 2.43. The first-order valence-corrected chi connectivity index (χ1v) is 17.8. The highest BCUT2D eigenvalue weighted by atomic mass is 32.1. The Bertz CT molecular complexity index is 1960. The largest absolute Gasteiger partial charge is 0.462 e. The van der Waals surface area contributed by atoms with E-state index in [1.165, 1.54) is 6.07 Å². The molecule has 14 heteroatoms. The molecule has 2 aromatic heterocycles. The molecule has 3 atom stereocenters. The van der Waals surface area contributed by atoms with Crippen LogP contribution in [0.15, 0.2) is 12.1 Å². The van der Waals surface area contributed by atoms with Crippen LogP contribution in [-0.4, -0.2) is 95.6 Å². The van der Waals surface area contributed by atoms with Gasteiger partial charge in [0, 0.05) is 72.1 Å². The zero-order valence-corrected chi connectivity index (χ0v) is 27.9. The van der Waals surface area contributed by atoms with Crippen LogP contribution in [-0.2, 0) is 18.0 Å². The number of piperazine rings is 1. The first kappa shape index (κ1) is 32.5. The predicted molar refractivity (Wildman–Crippen MR) is 181 cm³/mol. The van der Waals surface area contributed by atoms with E-state index in [1.807, 2.05) is 0 Å². The maximum Gasteiger partial charge on any atom is 0.319 e. The van der Waals surface area contributed by atoms with Gasteiger partial charge >= 0.3 is 6.01 Å². The quantitative estimate of drug-likeness (QED) is 0.231. The molecule has 3 saturated heterocycles. The van der Waals surface area contributed by atoms with Gasteiger partial charge in [-0.15, -0.1) is 11.3 Å². The lowest BCUT2D eigenvalue weighted by atomic mass is 9.90. The van der Waals surface area contributed by atoms with Crippen LogP contribution in [0, 0.1) is 23.0 Å². The molecule has 10 nitrogen and oxygen atoms in total. The molecule has 4 aliphatic rings. The number of rotatable bonds is 10. The molecule has 258 valence electrons. The molecule has 8 rings (SSSR count). The Kier molecular flexibility index (Phi) is 8.74. The van der Waals surface area contributed by atoms with Gasteiger partial charge in [-0.1, -0.05) is 0 Å². The summed E-state index contributed by atoms with van der Waals surface area (Å²) in [6.07, 6.45) is 4.34. The van der Waals surface area contributed by atoms with Gasteiger partial charge < -0.3 is 25.2 Å². The molecule has 0 spiro atoms. The van der Waals surface area contributed by atoms with E-state index in [2.05, 4.69) is 25.8 Å². The minimum absolute atomic E-state index is 0.00603. The maximum absolute atomic E-state index is 17.4. The van der Waals surface area contributed by atoms with Crippen LogP contribution in [0.4, 0.5) is 24.0 Å². The number of aromatic nitrogens is 2. The number of nitrogens with zero attached hydrogens (tertiary/aromatic N) is 6. The molecule has 6 heterocycles. The minimum Gasteiger partial charge on any atom is -0.462 e. The monoisotopic (exact) mass is 693 g/mol. The lowest BCUT2D eigenvalue weighted by Crippen LogP contribution is -2.54. The molecule has 3 fully saturated rings. The van der Waals surface area contributed by atoms with Gasteiger partial charge in [0.25, 0.3) is 0 Å². The van der Waals surface area contributed by atoms with Crippen LogP contribution in [0.2, 0.25) is 0 Å². The van der Waals surface area contributed by atoms with E-state index in [0.717, 1.165) is 63.2 Å². The number of hydrogen-bond acceptors (Lipinski definition) is 11. The highest BCUT2D eigenvalue weighted by molar-refractivity contribution is 7.23. The summed E-state index contributed by atoms with van der Waals surface area (Å²) in [4.78, 5) is 16.4. The van der Waals surface area contributed by atoms with Crippen molar-refractivity contribution in [3.05, 3.63) is 40.5 Å². The Morgan fingerprint density at radius 3 is 2.61 bits per heavy atom. The second-order valence-corrected chi connectivity index (χ2v) is 14.5. The van der Waals surface area contributed by atoms with Crippen molar-refractivity contribution in [3.8, 4) is 23.2 Å². The number of alkyl halides is 1. The molecular formula is C35H38F3N7O3S. The smallest absolute Gasteiger partial charge is 0.319 e. The number of thiophene rings is 1. The number of hydrogen-bond donors (Lipinski definition) is 2. The van der Waals surface area contributed by atoms with Gasteiger partial charge in [0.2, 0.25) is 0 Å². The van der Waals surface area contributed by atoms with E-state index in [4.69, 9.17) is 20.2 Å². The number of aliphatic hydroxyl groups excluding tert-OH is 1. The van der Waals surface area contributed by atoms with E-state index < -0.39 is 18.3 Å². The van der Waals surface area contributed by atoms with Crippen LogP contribution < -0.4 is 15.4 Å². The van der Waals surface area contributed by atoms with Crippen LogP contribution in [0.25, 0.3) is 32.1 Å². The number of likely N-dealkylation sites (tertiary alicyclic amines) is 2. The Morgan fingerprint density at radius 1 is 1.06 bits per heavy atom. The van der Waals surface area contributed by atoms with Crippen molar-refractivity contribution in [1.29, 1.82) is 5.26 Å². The molecule has 0 amide bonds. The van der Waals surface area contributed by atoms with E-state index in [0.29, 0.717) is 40.0 Å². The zero-order chi connectivity index (χ0) is 33.8. The fourth-order valence-electron chi connectivity index (χ4n) is 8.51. The summed E-state index contributed by atoms with van der Waals surface area (Å²) in [7, 11) is 0. The van der Waals surface area contributed by atoms with Gasteiger partial charge in [-0.05, 0) is 61.9 Å². The van der Waals surface area contributed by atoms with Gasteiger partial charge in [-0.2, -0.15) is 15.2 Å². The molecule has 0 aliphatic carbocycles. The van der Waals surface area contributed by atoms with Crippen LogP contribution in [0.5, 0.6) is 6.01 Å². The molecule has 4 aliphatic heterocycles. The van der Waals surface area contributed by atoms with E-state index >= 15 is 8.78 Å². The lowest BCUT2D eigenvalue weighted by Gasteiger charge is -2.42. The summed E-state index contributed by atoms with van der Waals surface area (Å²) < 4.78 is 59.5. The summed E-state index contributed by atoms with van der Waals surface area (Å²) in [5.74, 6) is -0.836. The number of nitrogen functional groups attached to an aromatic ring is 1. The first-order chi connectivity index (χ1) is 23.9. The van der Waals surface area contributed by atoms with Crippen molar-refractivity contribution in [2.45, 2.75) is 63.4 Å². The molecule has 2 unspecified atom stereocenters. The van der Waals surface area contributed by atoms with Crippen molar-refractivity contribution in [2.75, 3.05) is 63.2 Å². The fourth-order valence-corrected chi connectivity index (χ4v) is 9.44. The van der Waals surface area contributed by atoms with Gasteiger partial charge in [-0.25, -0.2) is 13.2 Å². The molecule has 3 N–H and O–H groups in total. The summed E-state index contributed by atoms with van der Waals surface area (Å²) in [6, 6.07) is 5.15. The second-order valence-electron chi connectivity index (χ2n) is 13.4.